The Bertz CT molecular complexity index is 410. The lowest BCUT2D eigenvalue weighted by atomic mass is 10.4. The molecule has 0 fully saturated rings. The Labute approximate surface area is 106 Å². The van der Waals surface area contributed by atoms with Crippen molar-refractivity contribution in [3.8, 4) is 0 Å². The van der Waals surface area contributed by atoms with Crippen molar-refractivity contribution in [1.82, 2.24) is 14.9 Å². The third-order valence-corrected chi connectivity index (χ3v) is 2.45. The molecule has 0 saturated heterocycles. The third kappa shape index (κ3) is 3.45. The van der Waals surface area contributed by atoms with Crippen LogP contribution in [-0.2, 0) is 4.79 Å². The zero-order chi connectivity index (χ0) is 13.0. The molecule has 6 nitrogen and oxygen atoms in total. The van der Waals surface area contributed by atoms with Crippen molar-refractivity contribution >= 4 is 29.3 Å². The minimum Gasteiger partial charge on any atom is -0.357 e. The van der Waals surface area contributed by atoms with Gasteiger partial charge < -0.3 is 15.1 Å². The molecule has 0 saturated carbocycles. The van der Waals surface area contributed by atoms with E-state index in [1.54, 1.807) is 33.1 Å². The molecule has 0 unspecified atom stereocenters. The summed E-state index contributed by atoms with van der Waals surface area (Å²) in [6.07, 6.45) is 1.51. The molecule has 1 aromatic heterocycles. The summed E-state index contributed by atoms with van der Waals surface area (Å²) in [6.45, 7) is 0.215. The summed E-state index contributed by atoms with van der Waals surface area (Å²) in [6, 6.07) is 0. The van der Waals surface area contributed by atoms with Crippen LogP contribution in [0.4, 0.5) is 11.8 Å². The van der Waals surface area contributed by atoms with Crippen molar-refractivity contribution < 1.29 is 4.79 Å². The van der Waals surface area contributed by atoms with Gasteiger partial charge in [0.05, 0.1) is 12.7 Å². The minimum atomic E-state index is -0.0202. The molecule has 1 rings (SSSR count). The first-order chi connectivity index (χ1) is 7.95. The molecule has 1 aromatic rings. The van der Waals surface area contributed by atoms with Gasteiger partial charge in [-0.05, 0) is 0 Å². The lowest BCUT2D eigenvalue weighted by Gasteiger charge is -2.21. The van der Waals surface area contributed by atoms with E-state index in [9.17, 15) is 4.79 Å². The van der Waals surface area contributed by atoms with Crippen molar-refractivity contribution in [3.05, 3.63) is 11.2 Å². The van der Waals surface area contributed by atoms with Gasteiger partial charge in [-0.1, -0.05) is 11.6 Å². The summed E-state index contributed by atoms with van der Waals surface area (Å²) in [7, 11) is 6.89. The van der Waals surface area contributed by atoms with Gasteiger partial charge in [0.15, 0.2) is 5.82 Å². The molecule has 94 valence electrons. The van der Waals surface area contributed by atoms with Crippen LogP contribution >= 0.6 is 11.6 Å². The number of rotatable bonds is 4. The number of anilines is 2. The highest BCUT2D eigenvalue weighted by Gasteiger charge is 2.14. The summed E-state index contributed by atoms with van der Waals surface area (Å²) in [5.74, 6) is 0.975. The van der Waals surface area contributed by atoms with Crippen LogP contribution in [0.5, 0.6) is 0 Å². The van der Waals surface area contributed by atoms with E-state index >= 15 is 0 Å². The fourth-order valence-corrected chi connectivity index (χ4v) is 1.40. The number of carbonyl (C=O) groups is 1. The Morgan fingerprint density at radius 3 is 2.65 bits per heavy atom. The normalized spacial score (nSPS) is 9.94. The fraction of sp³-hybridized carbons (Fsp3) is 0.500. The van der Waals surface area contributed by atoms with E-state index in [1.165, 1.54) is 11.1 Å². The lowest BCUT2D eigenvalue weighted by molar-refractivity contribution is -0.127. The molecule has 0 radical (unpaired) electrons. The van der Waals surface area contributed by atoms with Gasteiger partial charge in [0, 0.05) is 28.2 Å². The zero-order valence-electron chi connectivity index (χ0n) is 10.4. The summed E-state index contributed by atoms with van der Waals surface area (Å²) in [5.41, 5.74) is 0. The Hall–Kier alpha value is -1.56. The van der Waals surface area contributed by atoms with Gasteiger partial charge in [-0.3, -0.25) is 4.79 Å². The first kappa shape index (κ1) is 13.5. The molecular formula is C10H16ClN5O. The van der Waals surface area contributed by atoms with Crippen LogP contribution in [-0.4, -0.2) is 55.5 Å². The maximum Gasteiger partial charge on any atom is 0.241 e. The van der Waals surface area contributed by atoms with Crippen LogP contribution in [0.15, 0.2) is 6.20 Å². The van der Waals surface area contributed by atoms with Crippen molar-refractivity contribution in [3.63, 3.8) is 0 Å². The van der Waals surface area contributed by atoms with Gasteiger partial charge in [0.2, 0.25) is 11.9 Å². The lowest BCUT2D eigenvalue weighted by Crippen LogP contribution is -2.35. The van der Waals surface area contributed by atoms with Gasteiger partial charge in [-0.25, -0.2) is 4.98 Å². The second-order valence-electron chi connectivity index (χ2n) is 3.76. The van der Waals surface area contributed by atoms with Crippen molar-refractivity contribution in [2.75, 3.05) is 45.0 Å². The number of amides is 1. The average Bonchev–Trinajstić information content (AvgIpc) is 2.29. The van der Waals surface area contributed by atoms with E-state index in [0.29, 0.717) is 16.8 Å². The van der Waals surface area contributed by atoms with Gasteiger partial charge in [-0.15, -0.1) is 0 Å². The highest BCUT2D eigenvalue weighted by Crippen LogP contribution is 2.22. The maximum atomic E-state index is 11.6. The van der Waals surface area contributed by atoms with Gasteiger partial charge in [0.1, 0.15) is 5.02 Å². The summed E-state index contributed by atoms with van der Waals surface area (Å²) in [4.78, 5) is 23.0. The van der Waals surface area contributed by atoms with Gasteiger partial charge in [-0.2, -0.15) is 4.98 Å². The average molecular weight is 258 g/mol. The number of nitrogens with one attached hydrogen (secondary N) is 1. The zero-order valence-corrected chi connectivity index (χ0v) is 11.1. The molecule has 0 aliphatic carbocycles. The topological polar surface area (TPSA) is 61.4 Å². The first-order valence-corrected chi connectivity index (χ1v) is 5.45. The SMILES string of the molecule is CNc1ncc(Cl)c(N(C)CC(=O)N(C)C)n1. The molecule has 0 spiro atoms. The molecule has 17 heavy (non-hydrogen) atoms. The Kier molecular flexibility index (Phi) is 4.51. The van der Waals surface area contributed by atoms with Crippen LogP contribution < -0.4 is 10.2 Å². The summed E-state index contributed by atoms with van der Waals surface area (Å²) >= 11 is 5.99. The molecule has 0 atom stereocenters. The number of halogens is 1. The van der Waals surface area contributed by atoms with E-state index in [1.807, 2.05) is 0 Å². The second kappa shape index (κ2) is 5.67. The number of nitrogens with zero attached hydrogens (tertiary/aromatic N) is 4. The molecule has 1 N–H and O–H groups in total. The third-order valence-electron chi connectivity index (χ3n) is 2.18. The van der Waals surface area contributed by atoms with E-state index < -0.39 is 0 Å². The number of hydrogen-bond acceptors (Lipinski definition) is 5. The highest BCUT2D eigenvalue weighted by atomic mass is 35.5. The Morgan fingerprint density at radius 2 is 2.12 bits per heavy atom. The molecule has 1 amide bonds. The van der Waals surface area contributed by atoms with E-state index in [4.69, 9.17) is 11.6 Å². The predicted octanol–water partition coefficient (Wildman–Crippen LogP) is 0.696. The first-order valence-electron chi connectivity index (χ1n) is 5.07. The van der Waals surface area contributed by atoms with Crippen LogP contribution in [0.1, 0.15) is 0 Å². The van der Waals surface area contributed by atoms with Gasteiger partial charge >= 0.3 is 0 Å². The molecule has 0 aromatic carbocycles. The largest absolute Gasteiger partial charge is 0.357 e. The van der Waals surface area contributed by atoms with Crippen LogP contribution in [0.2, 0.25) is 5.02 Å². The van der Waals surface area contributed by atoms with E-state index in [2.05, 4.69) is 15.3 Å². The van der Waals surface area contributed by atoms with Crippen LogP contribution in [0.3, 0.4) is 0 Å². The number of likely N-dealkylation sites (N-methyl/N-ethyl adjacent to an activating group) is 2. The molecule has 0 bridgehead atoms. The molecular weight excluding hydrogens is 242 g/mol. The number of aromatic nitrogens is 2. The fourth-order valence-electron chi connectivity index (χ4n) is 1.17. The van der Waals surface area contributed by atoms with Crippen LogP contribution in [0, 0.1) is 0 Å². The molecule has 0 aliphatic heterocycles. The summed E-state index contributed by atoms with van der Waals surface area (Å²) in [5, 5.41) is 3.24. The smallest absolute Gasteiger partial charge is 0.241 e. The van der Waals surface area contributed by atoms with E-state index in [-0.39, 0.29) is 12.5 Å². The number of hydrogen-bond donors (Lipinski definition) is 1. The second-order valence-corrected chi connectivity index (χ2v) is 4.17. The highest BCUT2D eigenvalue weighted by molar-refractivity contribution is 6.32. The standard InChI is InChI=1S/C10H16ClN5O/c1-12-10-13-5-7(11)9(14-10)16(4)6-8(17)15(2)3/h5H,6H2,1-4H3,(H,12,13,14). The molecule has 7 heteroatoms. The predicted molar refractivity (Wildman–Crippen MR) is 68.6 cm³/mol. The van der Waals surface area contributed by atoms with Gasteiger partial charge in [0.25, 0.3) is 0 Å². The maximum absolute atomic E-state index is 11.6. The molecule has 1 heterocycles. The minimum absolute atomic E-state index is 0.0202. The Balaban J connectivity index is 2.87. The van der Waals surface area contributed by atoms with Crippen molar-refractivity contribution in [2.45, 2.75) is 0 Å². The quantitative estimate of drug-likeness (QED) is 0.860. The van der Waals surface area contributed by atoms with Crippen molar-refractivity contribution in [2.24, 2.45) is 0 Å². The molecule has 0 aliphatic rings. The Morgan fingerprint density at radius 1 is 1.47 bits per heavy atom. The van der Waals surface area contributed by atoms with E-state index in [0.717, 1.165) is 0 Å². The van der Waals surface area contributed by atoms with Crippen molar-refractivity contribution in [1.29, 1.82) is 0 Å². The van der Waals surface area contributed by atoms with Crippen LogP contribution in [0.25, 0.3) is 0 Å². The number of carbonyl (C=O) groups excluding carboxylic acids is 1. The monoisotopic (exact) mass is 257 g/mol. The summed E-state index contributed by atoms with van der Waals surface area (Å²) < 4.78 is 0.